The van der Waals surface area contributed by atoms with Crippen molar-refractivity contribution < 1.29 is 9.84 Å². The van der Waals surface area contributed by atoms with Gasteiger partial charge in [-0.15, -0.1) is 10.2 Å². The first-order chi connectivity index (χ1) is 11.3. The van der Waals surface area contributed by atoms with Crippen LogP contribution in [0, 0.1) is 0 Å². The Bertz CT molecular complexity index is 1000. The topological polar surface area (TPSA) is 72.0 Å². The van der Waals surface area contributed by atoms with Crippen LogP contribution in [0.4, 0.5) is 0 Å². The molecule has 0 saturated carbocycles. The average Bonchev–Trinajstić information content (AvgIpc) is 3.02. The second kappa shape index (κ2) is 5.46. The summed E-state index contributed by atoms with van der Waals surface area (Å²) in [5, 5.41) is 6.11. The van der Waals surface area contributed by atoms with E-state index in [9.17, 15) is 4.79 Å². The number of hydrogen-bond acceptors (Lipinski definition) is 2. The van der Waals surface area contributed by atoms with Gasteiger partial charge >= 0.3 is 5.56 Å². The lowest BCUT2D eigenvalue weighted by Crippen LogP contribution is -2.20. The van der Waals surface area contributed by atoms with Crippen LogP contribution in [0.3, 0.4) is 0 Å². The molecule has 4 aromatic rings. The molecule has 2 heterocycles. The van der Waals surface area contributed by atoms with E-state index in [1.807, 2.05) is 60.7 Å². The van der Waals surface area contributed by atoms with E-state index in [1.165, 1.54) is 0 Å². The van der Waals surface area contributed by atoms with Gasteiger partial charge in [0.25, 0.3) is 0 Å². The summed E-state index contributed by atoms with van der Waals surface area (Å²) in [6, 6.07) is 19.3. The van der Waals surface area contributed by atoms with Gasteiger partial charge in [-0.25, -0.2) is 0 Å². The van der Waals surface area contributed by atoms with Crippen molar-refractivity contribution in [3.8, 4) is 22.8 Å². The first-order valence-corrected chi connectivity index (χ1v) is 7.25. The molecule has 5 nitrogen and oxygen atoms in total. The molecule has 0 aliphatic carbocycles. The first-order valence-electron chi connectivity index (χ1n) is 7.25. The lowest BCUT2D eigenvalue weighted by Gasteiger charge is -2.06. The zero-order valence-corrected chi connectivity index (χ0v) is 12.2. The van der Waals surface area contributed by atoms with Crippen LogP contribution in [0.5, 0.6) is 11.5 Å². The number of aromatic nitrogens is 3. The highest BCUT2D eigenvalue weighted by Gasteiger charge is 2.08. The van der Waals surface area contributed by atoms with Crippen LogP contribution in [-0.2, 0) is 0 Å². The number of ether oxygens (including phenoxy) is 1. The van der Waals surface area contributed by atoms with Crippen molar-refractivity contribution in [1.82, 2.24) is 10.1 Å². The van der Waals surface area contributed by atoms with Crippen LogP contribution >= 0.6 is 0 Å². The van der Waals surface area contributed by atoms with Crippen molar-refractivity contribution in [2.75, 3.05) is 0 Å². The SMILES string of the molecule is O=c1[nH][nH+]cc2cc(-c3ccc(Oc4ccccc4)cc3)[nH]c12. The van der Waals surface area contributed by atoms with E-state index >= 15 is 0 Å². The minimum absolute atomic E-state index is 0.169. The summed E-state index contributed by atoms with van der Waals surface area (Å²) >= 11 is 0. The normalized spacial score (nSPS) is 10.8. The summed E-state index contributed by atoms with van der Waals surface area (Å²) in [4.78, 5) is 14.9. The Morgan fingerprint density at radius 1 is 0.913 bits per heavy atom. The summed E-state index contributed by atoms with van der Waals surface area (Å²) in [5.74, 6) is 1.56. The Morgan fingerprint density at radius 3 is 2.39 bits per heavy atom. The maximum absolute atomic E-state index is 11.7. The number of H-pyrrole nitrogens is 3. The fourth-order valence-corrected chi connectivity index (χ4v) is 2.50. The minimum atomic E-state index is -0.169. The molecule has 0 bridgehead atoms. The molecule has 5 heteroatoms. The van der Waals surface area contributed by atoms with Gasteiger partial charge < -0.3 is 9.72 Å². The van der Waals surface area contributed by atoms with Crippen LogP contribution in [-0.4, -0.2) is 10.1 Å². The third-order valence-corrected chi connectivity index (χ3v) is 3.63. The summed E-state index contributed by atoms with van der Waals surface area (Å²) in [6.45, 7) is 0. The van der Waals surface area contributed by atoms with Gasteiger partial charge in [0.15, 0.2) is 0 Å². The molecule has 112 valence electrons. The lowest BCUT2D eigenvalue weighted by molar-refractivity contribution is -0.455. The smallest absolute Gasteiger partial charge is 0.322 e. The van der Waals surface area contributed by atoms with Crippen molar-refractivity contribution in [2.45, 2.75) is 0 Å². The van der Waals surface area contributed by atoms with Gasteiger partial charge in [-0.2, -0.15) is 0 Å². The number of benzene rings is 2. The fraction of sp³-hybridized carbons (Fsp3) is 0. The van der Waals surface area contributed by atoms with Crippen LogP contribution in [0.25, 0.3) is 22.2 Å². The second-order valence-corrected chi connectivity index (χ2v) is 5.20. The first kappa shape index (κ1) is 13.3. The Balaban J connectivity index is 1.64. The third kappa shape index (κ3) is 2.60. The largest absolute Gasteiger partial charge is 0.457 e. The van der Waals surface area contributed by atoms with Gasteiger partial charge in [-0.05, 0) is 48.0 Å². The molecule has 0 atom stereocenters. The lowest BCUT2D eigenvalue weighted by atomic mass is 10.1. The molecule has 0 saturated heterocycles. The van der Waals surface area contributed by atoms with E-state index in [2.05, 4.69) is 15.2 Å². The number of para-hydroxylation sites is 1. The number of rotatable bonds is 3. The molecule has 2 aromatic heterocycles. The van der Waals surface area contributed by atoms with E-state index < -0.39 is 0 Å². The summed E-state index contributed by atoms with van der Waals surface area (Å²) in [6.07, 6.45) is 1.75. The molecular formula is C18H14N3O2+. The van der Waals surface area contributed by atoms with Gasteiger partial charge in [-0.1, -0.05) is 18.2 Å². The zero-order chi connectivity index (χ0) is 15.6. The highest BCUT2D eigenvalue weighted by atomic mass is 16.5. The number of hydrogen-bond donors (Lipinski definition) is 2. The molecule has 23 heavy (non-hydrogen) atoms. The third-order valence-electron chi connectivity index (χ3n) is 3.63. The van der Waals surface area contributed by atoms with Gasteiger partial charge in [0.1, 0.15) is 17.0 Å². The van der Waals surface area contributed by atoms with E-state index in [1.54, 1.807) is 6.20 Å². The number of fused-ring (bicyclic) bond motifs is 1. The highest BCUT2D eigenvalue weighted by molar-refractivity contribution is 5.83. The van der Waals surface area contributed by atoms with Crippen molar-refractivity contribution in [3.05, 3.63) is 77.2 Å². The quantitative estimate of drug-likeness (QED) is 0.610. The predicted octanol–water partition coefficient (Wildman–Crippen LogP) is 3.13. The molecule has 0 amide bonds. The Labute approximate surface area is 131 Å². The van der Waals surface area contributed by atoms with Crippen LogP contribution in [0.2, 0.25) is 0 Å². The molecular weight excluding hydrogens is 290 g/mol. The molecule has 4 rings (SSSR count). The Morgan fingerprint density at radius 2 is 1.65 bits per heavy atom. The van der Waals surface area contributed by atoms with Crippen molar-refractivity contribution in [3.63, 3.8) is 0 Å². The second-order valence-electron chi connectivity index (χ2n) is 5.20. The van der Waals surface area contributed by atoms with Crippen LogP contribution in [0.15, 0.2) is 71.7 Å². The molecule has 3 N–H and O–H groups in total. The molecule has 0 unspecified atom stereocenters. The van der Waals surface area contributed by atoms with Gasteiger partial charge in [0.2, 0.25) is 6.20 Å². The van der Waals surface area contributed by atoms with Crippen LogP contribution < -0.4 is 15.4 Å². The Kier molecular flexibility index (Phi) is 3.16. The van der Waals surface area contributed by atoms with Crippen molar-refractivity contribution in [2.24, 2.45) is 0 Å². The summed E-state index contributed by atoms with van der Waals surface area (Å²) in [7, 11) is 0. The fourth-order valence-electron chi connectivity index (χ4n) is 2.50. The van der Waals surface area contributed by atoms with E-state index in [0.717, 1.165) is 28.1 Å². The van der Waals surface area contributed by atoms with Gasteiger partial charge in [0.05, 0.1) is 5.39 Å². The maximum Gasteiger partial charge on any atom is 0.322 e. The predicted molar refractivity (Wildman–Crippen MR) is 87.4 cm³/mol. The van der Waals surface area contributed by atoms with Gasteiger partial charge in [0, 0.05) is 5.69 Å². The molecule has 0 fully saturated rings. The Hall–Kier alpha value is -3.34. The average molecular weight is 304 g/mol. The number of aromatic amines is 3. The molecule has 0 spiro atoms. The summed E-state index contributed by atoms with van der Waals surface area (Å²) < 4.78 is 5.78. The van der Waals surface area contributed by atoms with Crippen molar-refractivity contribution >= 4 is 10.9 Å². The van der Waals surface area contributed by atoms with E-state index in [0.29, 0.717) is 5.52 Å². The highest BCUT2D eigenvalue weighted by Crippen LogP contribution is 2.26. The standard InChI is InChI=1S/C18H13N3O2/c22-18-17-13(11-19-21-18)10-16(20-17)12-6-8-15(9-7-12)23-14-4-2-1-3-5-14/h1-11,20H,(H,21,22)/p+1. The maximum atomic E-state index is 11.7. The number of nitrogens with one attached hydrogen (secondary N) is 3. The molecule has 0 radical (unpaired) electrons. The monoisotopic (exact) mass is 304 g/mol. The zero-order valence-electron chi connectivity index (χ0n) is 12.2. The van der Waals surface area contributed by atoms with Gasteiger partial charge in [-0.3, -0.25) is 4.79 Å². The van der Waals surface area contributed by atoms with Crippen LogP contribution in [0.1, 0.15) is 0 Å². The van der Waals surface area contributed by atoms with Crippen molar-refractivity contribution in [1.29, 1.82) is 0 Å². The molecule has 2 aromatic carbocycles. The van der Waals surface area contributed by atoms with E-state index in [4.69, 9.17) is 4.74 Å². The molecule has 0 aliphatic rings. The van der Waals surface area contributed by atoms with E-state index in [-0.39, 0.29) is 5.56 Å². The molecule has 0 aliphatic heterocycles. The minimum Gasteiger partial charge on any atom is -0.457 e. The summed E-state index contributed by atoms with van der Waals surface area (Å²) in [5.41, 5.74) is 2.26.